The van der Waals surface area contributed by atoms with Crippen LogP contribution in [0.15, 0.2) is 35.0 Å². The highest BCUT2D eigenvalue weighted by atomic mass is 16.4. The summed E-state index contributed by atoms with van der Waals surface area (Å²) in [5.74, 6) is -0.407. The van der Waals surface area contributed by atoms with Crippen LogP contribution in [0.5, 0.6) is 0 Å². The number of hydrogen-bond donors (Lipinski definition) is 2. The number of nitrogens with zero attached hydrogens (tertiary/aromatic N) is 1. The monoisotopic (exact) mass is 260 g/mol. The van der Waals surface area contributed by atoms with Gasteiger partial charge in [-0.25, -0.2) is 4.79 Å². The van der Waals surface area contributed by atoms with Crippen LogP contribution in [0, 0.1) is 6.92 Å². The minimum atomic E-state index is -1.04. The lowest BCUT2D eigenvalue weighted by molar-refractivity contribution is 0.0659. The van der Waals surface area contributed by atoms with Gasteiger partial charge in [0.1, 0.15) is 5.76 Å². The number of carbonyl (C=O) groups is 1. The van der Waals surface area contributed by atoms with E-state index in [9.17, 15) is 4.79 Å². The molecule has 2 heterocycles. The van der Waals surface area contributed by atoms with Crippen molar-refractivity contribution in [1.29, 1.82) is 0 Å². The molecule has 0 aromatic carbocycles. The molecule has 5 heteroatoms. The van der Waals surface area contributed by atoms with Gasteiger partial charge in [0.15, 0.2) is 0 Å². The second-order valence-electron chi connectivity index (χ2n) is 4.41. The molecule has 0 saturated heterocycles. The molecule has 100 valence electrons. The molecule has 0 radical (unpaired) electrons. The molecule has 2 N–H and O–H groups in total. The maximum absolute atomic E-state index is 10.9. The zero-order valence-corrected chi connectivity index (χ0v) is 10.9. The number of rotatable bonds is 5. The molecule has 2 rings (SSSR count). The van der Waals surface area contributed by atoms with Gasteiger partial charge in [-0.15, -0.1) is 0 Å². The summed E-state index contributed by atoms with van der Waals surface area (Å²) < 4.78 is 5.29. The number of furan rings is 1. The summed E-state index contributed by atoms with van der Waals surface area (Å²) in [7, 11) is 0. The van der Waals surface area contributed by atoms with Gasteiger partial charge in [-0.1, -0.05) is 0 Å². The first-order valence-electron chi connectivity index (χ1n) is 6.04. The maximum Gasteiger partial charge on any atom is 0.372 e. The third-order valence-corrected chi connectivity index (χ3v) is 2.95. The van der Waals surface area contributed by atoms with Gasteiger partial charge in [-0.2, -0.15) is 0 Å². The first-order valence-corrected chi connectivity index (χ1v) is 6.04. The van der Waals surface area contributed by atoms with Crippen LogP contribution < -0.4 is 5.32 Å². The number of carboxylic acid groups (broad SMARTS) is 1. The molecular weight excluding hydrogens is 244 g/mol. The third kappa shape index (κ3) is 3.20. The van der Waals surface area contributed by atoms with Crippen molar-refractivity contribution in [2.75, 3.05) is 0 Å². The van der Waals surface area contributed by atoms with Crippen molar-refractivity contribution in [3.8, 4) is 0 Å². The average molecular weight is 260 g/mol. The van der Waals surface area contributed by atoms with Crippen molar-refractivity contribution in [2.24, 2.45) is 0 Å². The number of pyridine rings is 1. The summed E-state index contributed by atoms with van der Waals surface area (Å²) >= 11 is 0. The fourth-order valence-corrected chi connectivity index (χ4v) is 1.87. The Morgan fingerprint density at radius 3 is 2.74 bits per heavy atom. The van der Waals surface area contributed by atoms with E-state index >= 15 is 0 Å². The smallest absolute Gasteiger partial charge is 0.372 e. The van der Waals surface area contributed by atoms with E-state index in [1.54, 1.807) is 25.4 Å². The van der Waals surface area contributed by atoms with Crippen LogP contribution in [0.4, 0.5) is 0 Å². The second-order valence-corrected chi connectivity index (χ2v) is 4.41. The van der Waals surface area contributed by atoms with Gasteiger partial charge in [0, 0.05) is 24.0 Å². The van der Waals surface area contributed by atoms with E-state index < -0.39 is 5.97 Å². The standard InChI is InChI=1S/C14H16N2O3/c1-9-7-12(19-13(9)14(17)18)8-16-10(2)11-3-5-15-6-4-11/h3-7,10,16H,8H2,1-2H3,(H,17,18)/t10-/m0/s1. The lowest BCUT2D eigenvalue weighted by atomic mass is 10.1. The molecule has 2 aromatic rings. The van der Waals surface area contributed by atoms with Gasteiger partial charge >= 0.3 is 5.97 Å². The van der Waals surface area contributed by atoms with E-state index in [2.05, 4.69) is 10.3 Å². The number of aryl methyl sites for hydroxylation is 1. The second kappa shape index (κ2) is 5.67. The molecule has 0 bridgehead atoms. The molecule has 0 aliphatic rings. The zero-order chi connectivity index (χ0) is 13.8. The molecule has 0 spiro atoms. The Balaban J connectivity index is 1.99. The Bertz CT molecular complexity index is 563. The molecule has 0 saturated carbocycles. The van der Waals surface area contributed by atoms with Crippen molar-refractivity contribution in [3.63, 3.8) is 0 Å². The van der Waals surface area contributed by atoms with E-state index in [0.717, 1.165) is 5.56 Å². The van der Waals surface area contributed by atoms with Crippen LogP contribution >= 0.6 is 0 Å². The summed E-state index contributed by atoms with van der Waals surface area (Å²) in [4.78, 5) is 14.8. The molecule has 0 aliphatic heterocycles. The Labute approximate surface area is 111 Å². The van der Waals surface area contributed by atoms with Crippen LogP contribution in [-0.2, 0) is 6.54 Å². The molecule has 5 nitrogen and oxygen atoms in total. The first kappa shape index (κ1) is 13.3. The number of hydrogen-bond acceptors (Lipinski definition) is 4. The minimum absolute atomic E-state index is 0.00774. The fraction of sp³-hybridized carbons (Fsp3) is 0.286. The maximum atomic E-state index is 10.9. The molecule has 19 heavy (non-hydrogen) atoms. The topological polar surface area (TPSA) is 75.4 Å². The fourth-order valence-electron chi connectivity index (χ4n) is 1.87. The zero-order valence-electron chi connectivity index (χ0n) is 10.9. The Hall–Kier alpha value is -2.14. The molecular formula is C14H16N2O3. The molecule has 0 amide bonds. The number of aromatic carboxylic acids is 1. The van der Waals surface area contributed by atoms with Crippen LogP contribution in [0.2, 0.25) is 0 Å². The van der Waals surface area contributed by atoms with Gasteiger partial charge in [0.25, 0.3) is 0 Å². The van der Waals surface area contributed by atoms with Crippen LogP contribution in [-0.4, -0.2) is 16.1 Å². The van der Waals surface area contributed by atoms with Gasteiger partial charge in [-0.3, -0.25) is 4.98 Å². The van der Waals surface area contributed by atoms with Crippen molar-refractivity contribution in [2.45, 2.75) is 26.4 Å². The molecule has 0 unspecified atom stereocenters. The molecule has 0 aliphatic carbocycles. The quantitative estimate of drug-likeness (QED) is 0.864. The van der Waals surface area contributed by atoms with Crippen molar-refractivity contribution >= 4 is 5.97 Å². The number of nitrogens with one attached hydrogen (secondary N) is 1. The predicted octanol–water partition coefficient (Wildman–Crippen LogP) is 2.53. The lowest BCUT2D eigenvalue weighted by Gasteiger charge is -2.12. The van der Waals surface area contributed by atoms with E-state index in [4.69, 9.17) is 9.52 Å². The van der Waals surface area contributed by atoms with E-state index in [0.29, 0.717) is 17.9 Å². The highest BCUT2D eigenvalue weighted by Gasteiger charge is 2.14. The minimum Gasteiger partial charge on any atom is -0.475 e. The van der Waals surface area contributed by atoms with E-state index in [-0.39, 0.29) is 11.8 Å². The summed E-state index contributed by atoms with van der Waals surface area (Å²) in [5.41, 5.74) is 1.76. The molecule has 1 atom stereocenters. The predicted molar refractivity (Wildman–Crippen MR) is 69.9 cm³/mol. The van der Waals surface area contributed by atoms with Crippen LogP contribution in [0.3, 0.4) is 0 Å². The summed E-state index contributed by atoms with van der Waals surface area (Å²) in [6.07, 6.45) is 3.49. The van der Waals surface area contributed by atoms with Crippen molar-refractivity contribution in [1.82, 2.24) is 10.3 Å². The Kier molecular flexibility index (Phi) is 3.97. The highest BCUT2D eigenvalue weighted by Crippen LogP contribution is 2.16. The largest absolute Gasteiger partial charge is 0.475 e. The summed E-state index contributed by atoms with van der Waals surface area (Å²) in [6.45, 7) is 4.24. The molecule has 0 fully saturated rings. The average Bonchev–Trinajstić information content (AvgIpc) is 2.78. The Morgan fingerprint density at radius 2 is 2.16 bits per heavy atom. The summed E-state index contributed by atoms with van der Waals surface area (Å²) in [6, 6.07) is 5.76. The van der Waals surface area contributed by atoms with Crippen molar-refractivity contribution < 1.29 is 14.3 Å². The highest BCUT2D eigenvalue weighted by molar-refractivity contribution is 5.86. The van der Waals surface area contributed by atoms with Crippen LogP contribution in [0.25, 0.3) is 0 Å². The van der Waals surface area contributed by atoms with E-state index in [1.807, 2.05) is 19.1 Å². The van der Waals surface area contributed by atoms with Gasteiger partial charge < -0.3 is 14.8 Å². The van der Waals surface area contributed by atoms with E-state index in [1.165, 1.54) is 0 Å². The summed E-state index contributed by atoms with van der Waals surface area (Å²) in [5, 5.41) is 12.2. The number of aromatic nitrogens is 1. The number of carboxylic acids is 1. The van der Waals surface area contributed by atoms with Gasteiger partial charge in [-0.05, 0) is 37.6 Å². The van der Waals surface area contributed by atoms with Crippen LogP contribution in [0.1, 0.15) is 40.4 Å². The Morgan fingerprint density at radius 1 is 1.47 bits per heavy atom. The lowest BCUT2D eigenvalue weighted by Crippen LogP contribution is -2.17. The third-order valence-electron chi connectivity index (χ3n) is 2.95. The normalized spacial score (nSPS) is 12.3. The SMILES string of the molecule is Cc1cc(CN[C@@H](C)c2ccncc2)oc1C(=O)O. The van der Waals surface area contributed by atoms with Gasteiger partial charge in [0.05, 0.1) is 6.54 Å². The van der Waals surface area contributed by atoms with Crippen molar-refractivity contribution in [3.05, 3.63) is 53.2 Å². The molecule has 2 aromatic heterocycles. The first-order chi connectivity index (χ1) is 9.08. The van der Waals surface area contributed by atoms with Gasteiger partial charge in [0.2, 0.25) is 5.76 Å².